The minimum Gasteiger partial charge on any atom is -0.477 e. The average Bonchev–Trinajstić information content (AvgIpc) is 3.36. The van der Waals surface area contributed by atoms with Crippen molar-refractivity contribution < 1.29 is 33.8 Å². The number of nitrogens with two attached hydrogens (primary N) is 1. The SMILES string of the molecule is CC(C)(C)OC(=O)Nc1ccccc1CC(=O)NC1C(=O)N2C(C(=O)O)=C(CSc3nnnn3CCNC(N)=O)CS[C@H]12. The molecule has 0 aliphatic carbocycles. The molecule has 2 aliphatic rings. The number of aromatic nitrogens is 4. The van der Waals surface area contributed by atoms with Crippen LogP contribution in [0.4, 0.5) is 15.3 Å². The fourth-order valence-corrected chi connectivity index (χ4v) is 6.67. The second kappa shape index (κ2) is 13.3. The molecule has 0 bridgehead atoms. The Kier molecular flexibility index (Phi) is 9.80. The Labute approximate surface area is 254 Å². The molecule has 43 heavy (non-hydrogen) atoms. The second-order valence-corrected chi connectivity index (χ2v) is 12.5. The molecule has 1 unspecified atom stereocenters. The van der Waals surface area contributed by atoms with E-state index in [1.807, 2.05) is 0 Å². The number of hydrogen-bond acceptors (Lipinski definition) is 11. The maximum Gasteiger partial charge on any atom is 0.412 e. The summed E-state index contributed by atoms with van der Waals surface area (Å²) in [6.07, 6.45) is -0.789. The number of carbonyl (C=O) groups is 5. The van der Waals surface area contributed by atoms with Crippen LogP contribution in [0.1, 0.15) is 26.3 Å². The van der Waals surface area contributed by atoms with E-state index in [1.54, 1.807) is 45.0 Å². The third kappa shape index (κ3) is 7.95. The molecule has 6 N–H and O–H groups in total. The number of tetrazole rings is 1. The van der Waals surface area contributed by atoms with Gasteiger partial charge in [-0.25, -0.2) is 19.1 Å². The molecule has 1 fully saturated rings. The van der Waals surface area contributed by atoms with E-state index in [1.165, 1.54) is 33.1 Å². The molecule has 0 saturated carbocycles. The van der Waals surface area contributed by atoms with Gasteiger partial charge in [0, 0.05) is 23.7 Å². The standard InChI is InChI=1S/C25H31N9O7S2/c1-25(2,3)41-24(40)28-15-7-5-4-6-13(15)10-16(35)29-17-19(36)34-18(21(37)38)14(11-42-20(17)34)12-43-23-30-31-32-33(23)9-8-27-22(26)39/h4-7,17,20H,8-12H2,1-3H3,(H,28,40)(H,29,35)(H,37,38)(H3,26,27,39)/t17?,20-/m1/s1. The lowest BCUT2D eigenvalue weighted by Crippen LogP contribution is -2.70. The van der Waals surface area contributed by atoms with Gasteiger partial charge < -0.3 is 26.2 Å². The quantitative estimate of drug-likeness (QED) is 0.171. The minimum absolute atomic E-state index is 0.125. The largest absolute Gasteiger partial charge is 0.477 e. The third-order valence-corrected chi connectivity index (χ3v) is 8.45. The maximum absolute atomic E-state index is 13.1. The predicted octanol–water partition coefficient (Wildman–Crippen LogP) is 0.762. The monoisotopic (exact) mass is 633 g/mol. The van der Waals surface area contributed by atoms with Gasteiger partial charge in [0.15, 0.2) is 0 Å². The smallest absolute Gasteiger partial charge is 0.412 e. The summed E-state index contributed by atoms with van der Waals surface area (Å²) in [4.78, 5) is 62.6. The lowest BCUT2D eigenvalue weighted by Gasteiger charge is -2.49. The van der Waals surface area contributed by atoms with Gasteiger partial charge in [0.1, 0.15) is 22.7 Å². The van der Waals surface area contributed by atoms with Crippen molar-refractivity contribution in [1.29, 1.82) is 0 Å². The van der Waals surface area contributed by atoms with Crippen LogP contribution in [0.2, 0.25) is 0 Å². The highest BCUT2D eigenvalue weighted by Crippen LogP contribution is 2.41. The number of ether oxygens (including phenoxy) is 1. The van der Waals surface area contributed by atoms with Crippen molar-refractivity contribution in [2.24, 2.45) is 5.73 Å². The zero-order valence-corrected chi connectivity index (χ0v) is 25.2. The lowest BCUT2D eigenvalue weighted by atomic mass is 10.0. The number of rotatable bonds is 11. The van der Waals surface area contributed by atoms with E-state index in [4.69, 9.17) is 10.5 Å². The topological polar surface area (TPSA) is 224 Å². The summed E-state index contributed by atoms with van der Waals surface area (Å²) in [6.45, 7) is 5.67. The van der Waals surface area contributed by atoms with Crippen molar-refractivity contribution in [3.63, 3.8) is 0 Å². The van der Waals surface area contributed by atoms with E-state index in [9.17, 15) is 29.1 Å². The molecule has 5 amide bonds. The summed E-state index contributed by atoms with van der Waals surface area (Å²) in [5.41, 5.74) is 5.65. The molecule has 1 aromatic carbocycles. The fraction of sp³-hybridized carbons (Fsp3) is 0.440. The number of hydrogen-bond donors (Lipinski definition) is 5. The Hall–Kier alpha value is -4.32. The van der Waals surface area contributed by atoms with Crippen LogP contribution in [0.15, 0.2) is 40.7 Å². The number of carbonyl (C=O) groups excluding carboxylic acids is 4. The van der Waals surface area contributed by atoms with Gasteiger partial charge in [-0.15, -0.1) is 16.9 Å². The Balaban J connectivity index is 1.38. The van der Waals surface area contributed by atoms with E-state index in [2.05, 4.69) is 31.5 Å². The fourth-order valence-electron chi connectivity index (χ4n) is 4.28. The number of carboxylic acid groups (broad SMARTS) is 1. The molecule has 4 rings (SSSR count). The van der Waals surface area contributed by atoms with Gasteiger partial charge in [0.2, 0.25) is 11.1 Å². The van der Waals surface area contributed by atoms with Crippen molar-refractivity contribution in [2.75, 3.05) is 23.4 Å². The van der Waals surface area contributed by atoms with E-state index in [0.29, 0.717) is 27.7 Å². The highest BCUT2D eigenvalue weighted by Gasteiger charge is 2.54. The second-order valence-electron chi connectivity index (χ2n) is 10.4. The van der Waals surface area contributed by atoms with Crippen molar-refractivity contribution in [3.8, 4) is 0 Å². The van der Waals surface area contributed by atoms with E-state index in [0.717, 1.165) is 0 Å². The molecule has 0 spiro atoms. The molecular formula is C25H31N9O7S2. The molecule has 1 aromatic heterocycles. The number of fused-ring (bicyclic) bond motifs is 1. The average molecular weight is 634 g/mol. The number of benzene rings is 1. The number of amides is 5. The molecule has 1 saturated heterocycles. The predicted molar refractivity (Wildman–Crippen MR) is 156 cm³/mol. The van der Waals surface area contributed by atoms with Crippen molar-refractivity contribution in [1.82, 2.24) is 35.7 Å². The van der Waals surface area contributed by atoms with E-state index < -0.39 is 46.9 Å². The molecule has 230 valence electrons. The molecule has 3 heterocycles. The zero-order chi connectivity index (χ0) is 31.3. The van der Waals surface area contributed by atoms with Crippen LogP contribution >= 0.6 is 23.5 Å². The first-order chi connectivity index (χ1) is 20.3. The summed E-state index contributed by atoms with van der Waals surface area (Å²) < 4.78 is 6.73. The van der Waals surface area contributed by atoms with Gasteiger partial charge in [-0.3, -0.25) is 19.8 Å². The van der Waals surface area contributed by atoms with E-state index >= 15 is 0 Å². The van der Waals surface area contributed by atoms with Gasteiger partial charge in [-0.1, -0.05) is 30.0 Å². The van der Waals surface area contributed by atoms with Crippen LogP contribution in [0, 0.1) is 0 Å². The van der Waals surface area contributed by atoms with Gasteiger partial charge in [0.05, 0.1) is 13.0 Å². The molecule has 0 radical (unpaired) electrons. The minimum atomic E-state index is -1.26. The number of β-lactam (4-membered cyclic amide) rings is 1. The van der Waals surface area contributed by atoms with Crippen LogP contribution in [-0.2, 0) is 32.1 Å². The van der Waals surface area contributed by atoms with Gasteiger partial charge >= 0.3 is 18.1 Å². The molecule has 2 aromatic rings. The number of thioether (sulfide) groups is 2. The molecular weight excluding hydrogens is 602 g/mol. The summed E-state index contributed by atoms with van der Waals surface area (Å²) in [7, 11) is 0. The number of para-hydroxylation sites is 1. The number of nitrogens with one attached hydrogen (secondary N) is 3. The van der Waals surface area contributed by atoms with Crippen LogP contribution < -0.4 is 21.7 Å². The van der Waals surface area contributed by atoms with Crippen molar-refractivity contribution in [3.05, 3.63) is 41.1 Å². The molecule has 16 nitrogen and oxygen atoms in total. The number of anilines is 1. The van der Waals surface area contributed by atoms with Crippen LogP contribution in [-0.4, -0.2) is 95.2 Å². The Morgan fingerprint density at radius 2 is 1.98 bits per heavy atom. The summed E-state index contributed by atoms with van der Waals surface area (Å²) in [6, 6.07) is 5.15. The number of nitrogens with zero attached hydrogens (tertiary/aromatic N) is 5. The molecule has 18 heteroatoms. The summed E-state index contributed by atoms with van der Waals surface area (Å²) in [5.74, 6) is -1.74. The first-order valence-electron chi connectivity index (χ1n) is 13.0. The van der Waals surface area contributed by atoms with Gasteiger partial charge in [-0.05, 0) is 48.4 Å². The van der Waals surface area contributed by atoms with Crippen molar-refractivity contribution >= 4 is 59.1 Å². The number of urea groups is 1. The zero-order valence-electron chi connectivity index (χ0n) is 23.5. The highest BCUT2D eigenvalue weighted by molar-refractivity contribution is 8.01. The van der Waals surface area contributed by atoms with Crippen LogP contribution in [0.25, 0.3) is 0 Å². The maximum atomic E-state index is 13.1. The highest BCUT2D eigenvalue weighted by atomic mass is 32.2. The summed E-state index contributed by atoms with van der Waals surface area (Å²) in [5, 5.41) is 29.0. The Morgan fingerprint density at radius 3 is 2.67 bits per heavy atom. The Morgan fingerprint density at radius 1 is 1.23 bits per heavy atom. The Bertz CT molecular complexity index is 1460. The van der Waals surface area contributed by atoms with E-state index in [-0.39, 0.29) is 31.0 Å². The third-order valence-electron chi connectivity index (χ3n) is 6.07. The van der Waals surface area contributed by atoms with Gasteiger partial charge in [-0.2, -0.15) is 0 Å². The number of primary amides is 1. The van der Waals surface area contributed by atoms with Gasteiger partial charge in [0.25, 0.3) is 5.91 Å². The summed E-state index contributed by atoms with van der Waals surface area (Å²) >= 11 is 2.53. The molecule has 2 aliphatic heterocycles. The first-order valence-corrected chi connectivity index (χ1v) is 15.1. The van der Waals surface area contributed by atoms with Crippen molar-refractivity contribution in [2.45, 2.75) is 55.9 Å². The molecule has 2 atom stereocenters. The van der Waals surface area contributed by atoms with Crippen LogP contribution in [0.5, 0.6) is 0 Å². The normalized spacial score (nSPS) is 17.9. The number of carboxylic acids is 1. The number of aliphatic carboxylic acids is 1. The van der Waals surface area contributed by atoms with Crippen LogP contribution in [0.3, 0.4) is 0 Å². The first kappa shape index (κ1) is 31.6. The lowest BCUT2D eigenvalue weighted by molar-refractivity contribution is -0.150.